The Kier molecular flexibility index (Phi) is 4.46. The Morgan fingerprint density at radius 1 is 1.33 bits per heavy atom. The van der Waals surface area contributed by atoms with Gasteiger partial charge in [0.25, 0.3) is 0 Å². The van der Waals surface area contributed by atoms with Gasteiger partial charge in [-0.2, -0.15) is 0 Å². The van der Waals surface area contributed by atoms with Crippen molar-refractivity contribution >= 4 is 40.3 Å². The first-order valence-corrected chi connectivity index (χ1v) is 7.69. The highest BCUT2D eigenvalue weighted by atomic mass is 127. The molecule has 0 radical (unpaired) electrons. The van der Waals surface area contributed by atoms with Crippen molar-refractivity contribution in [2.75, 3.05) is 12.0 Å². The number of halogens is 1. The zero-order valence-corrected chi connectivity index (χ0v) is 14.6. The third-order valence-electron chi connectivity index (χ3n) is 3.10. The fourth-order valence-corrected chi connectivity index (χ4v) is 2.74. The van der Waals surface area contributed by atoms with Crippen LogP contribution in [0.2, 0.25) is 0 Å². The number of anilines is 1. The van der Waals surface area contributed by atoms with Gasteiger partial charge < -0.3 is 9.47 Å². The minimum Gasteiger partial charge on any atom is -0.467 e. The molecule has 2 rings (SSSR count). The van der Waals surface area contributed by atoms with Crippen LogP contribution in [-0.2, 0) is 20.7 Å². The number of rotatable bonds is 1. The number of fused-ring (bicyclic) bond motifs is 1. The van der Waals surface area contributed by atoms with Crippen molar-refractivity contribution in [3.8, 4) is 0 Å². The lowest BCUT2D eigenvalue weighted by molar-refractivity contribution is -0.142. The van der Waals surface area contributed by atoms with Gasteiger partial charge in [-0.3, -0.25) is 4.90 Å². The minimum absolute atomic E-state index is 0.438. The number of carbonyl (C=O) groups is 2. The molecule has 21 heavy (non-hydrogen) atoms. The third-order valence-corrected chi connectivity index (χ3v) is 3.77. The molecule has 0 unspecified atom stereocenters. The topological polar surface area (TPSA) is 55.8 Å². The van der Waals surface area contributed by atoms with E-state index in [-0.39, 0.29) is 0 Å². The first-order valence-electron chi connectivity index (χ1n) is 6.61. The Hall–Kier alpha value is -1.31. The van der Waals surface area contributed by atoms with Crippen LogP contribution in [-0.4, -0.2) is 30.8 Å². The normalized spacial score (nSPS) is 17.4. The van der Waals surface area contributed by atoms with Crippen LogP contribution in [0.5, 0.6) is 0 Å². The van der Waals surface area contributed by atoms with Gasteiger partial charge in [0.05, 0.1) is 12.8 Å². The molecule has 1 amide bonds. The molecular formula is C15H18INO4. The van der Waals surface area contributed by atoms with Crippen molar-refractivity contribution < 1.29 is 19.1 Å². The summed E-state index contributed by atoms with van der Waals surface area (Å²) in [4.78, 5) is 25.8. The molecule has 0 saturated heterocycles. The monoisotopic (exact) mass is 403 g/mol. The maximum atomic E-state index is 12.5. The van der Waals surface area contributed by atoms with E-state index < -0.39 is 23.7 Å². The van der Waals surface area contributed by atoms with Gasteiger partial charge in [0, 0.05) is 9.99 Å². The molecule has 1 aliphatic heterocycles. The molecule has 1 aromatic carbocycles. The Bertz CT molecular complexity index is 580. The van der Waals surface area contributed by atoms with Gasteiger partial charge in [-0.15, -0.1) is 0 Å². The largest absolute Gasteiger partial charge is 0.467 e. The SMILES string of the molecule is COC(=O)[C@H]1Cc2ccc(I)cc2N1C(=O)OC(C)(C)C. The molecule has 0 fully saturated rings. The second kappa shape index (κ2) is 5.82. The van der Waals surface area contributed by atoms with Crippen LogP contribution in [0.25, 0.3) is 0 Å². The fraction of sp³-hybridized carbons (Fsp3) is 0.467. The zero-order valence-electron chi connectivity index (χ0n) is 12.5. The summed E-state index contributed by atoms with van der Waals surface area (Å²) in [6.07, 6.45) is -0.0864. The molecule has 0 spiro atoms. The van der Waals surface area contributed by atoms with Crippen molar-refractivity contribution in [2.24, 2.45) is 0 Å². The average Bonchev–Trinajstić information content (AvgIpc) is 2.74. The average molecular weight is 403 g/mol. The number of carbonyl (C=O) groups excluding carboxylic acids is 2. The van der Waals surface area contributed by atoms with E-state index in [9.17, 15) is 9.59 Å². The molecule has 0 aromatic heterocycles. The summed E-state index contributed by atoms with van der Waals surface area (Å²) in [6.45, 7) is 5.39. The number of ether oxygens (including phenoxy) is 2. The number of esters is 1. The summed E-state index contributed by atoms with van der Waals surface area (Å²) in [6, 6.07) is 5.09. The number of benzene rings is 1. The number of nitrogens with zero attached hydrogens (tertiary/aromatic N) is 1. The van der Waals surface area contributed by atoms with Crippen LogP contribution in [0.15, 0.2) is 18.2 Å². The van der Waals surface area contributed by atoms with Crippen molar-refractivity contribution in [3.63, 3.8) is 0 Å². The van der Waals surface area contributed by atoms with E-state index in [1.165, 1.54) is 12.0 Å². The van der Waals surface area contributed by atoms with Crippen LogP contribution in [0, 0.1) is 3.57 Å². The quantitative estimate of drug-likeness (QED) is 0.534. The van der Waals surface area contributed by atoms with E-state index in [0.29, 0.717) is 12.1 Å². The highest BCUT2D eigenvalue weighted by Crippen LogP contribution is 2.35. The Morgan fingerprint density at radius 3 is 2.57 bits per heavy atom. The van der Waals surface area contributed by atoms with Crippen LogP contribution in [0.1, 0.15) is 26.3 Å². The molecule has 114 valence electrons. The molecule has 1 heterocycles. The van der Waals surface area contributed by atoms with Crippen LogP contribution in [0.3, 0.4) is 0 Å². The summed E-state index contributed by atoms with van der Waals surface area (Å²) in [5, 5.41) is 0. The van der Waals surface area contributed by atoms with Gasteiger partial charge in [0.2, 0.25) is 0 Å². The molecule has 0 saturated carbocycles. The van der Waals surface area contributed by atoms with E-state index in [0.717, 1.165) is 9.13 Å². The van der Waals surface area contributed by atoms with Crippen molar-refractivity contribution in [2.45, 2.75) is 38.8 Å². The van der Waals surface area contributed by atoms with E-state index in [4.69, 9.17) is 9.47 Å². The lowest BCUT2D eigenvalue weighted by Gasteiger charge is -2.28. The summed E-state index contributed by atoms with van der Waals surface area (Å²) in [5.41, 5.74) is 1.03. The molecule has 0 aliphatic carbocycles. The van der Waals surface area contributed by atoms with Crippen molar-refractivity contribution in [1.82, 2.24) is 0 Å². The Morgan fingerprint density at radius 2 is 2.00 bits per heavy atom. The molecule has 1 atom stereocenters. The molecule has 1 aromatic rings. The maximum Gasteiger partial charge on any atom is 0.415 e. The molecule has 1 aliphatic rings. The number of hydrogen-bond donors (Lipinski definition) is 0. The van der Waals surface area contributed by atoms with E-state index >= 15 is 0 Å². The predicted octanol–water partition coefficient (Wildman–Crippen LogP) is 3.13. The molecular weight excluding hydrogens is 385 g/mol. The molecule has 0 bridgehead atoms. The fourth-order valence-electron chi connectivity index (χ4n) is 2.26. The standard InChI is InChI=1S/C15H18INO4/c1-15(2,3)21-14(19)17-11-8-10(16)6-5-9(11)7-12(17)13(18)20-4/h5-6,8,12H,7H2,1-4H3/t12-/m1/s1. The first kappa shape index (κ1) is 16.1. The molecule has 6 heteroatoms. The molecule has 5 nitrogen and oxygen atoms in total. The van der Waals surface area contributed by atoms with Gasteiger partial charge in [-0.1, -0.05) is 6.07 Å². The number of hydrogen-bond acceptors (Lipinski definition) is 4. The highest BCUT2D eigenvalue weighted by molar-refractivity contribution is 14.1. The van der Waals surface area contributed by atoms with E-state index in [2.05, 4.69) is 22.6 Å². The lowest BCUT2D eigenvalue weighted by atomic mass is 10.1. The first-order chi connectivity index (χ1) is 9.73. The van der Waals surface area contributed by atoms with E-state index in [1.807, 2.05) is 18.2 Å². The maximum absolute atomic E-state index is 12.5. The minimum atomic E-state index is -0.668. The summed E-state index contributed by atoms with van der Waals surface area (Å²) in [7, 11) is 1.32. The Labute approximate surface area is 137 Å². The zero-order chi connectivity index (χ0) is 15.8. The smallest absolute Gasteiger partial charge is 0.415 e. The van der Waals surface area contributed by atoms with Crippen molar-refractivity contribution in [1.29, 1.82) is 0 Å². The van der Waals surface area contributed by atoms with Gasteiger partial charge in [-0.05, 0) is 61.1 Å². The highest BCUT2D eigenvalue weighted by Gasteiger charge is 2.41. The third kappa shape index (κ3) is 3.48. The predicted molar refractivity (Wildman–Crippen MR) is 87.4 cm³/mol. The van der Waals surface area contributed by atoms with Crippen molar-refractivity contribution in [3.05, 3.63) is 27.3 Å². The van der Waals surface area contributed by atoms with Gasteiger partial charge in [0.1, 0.15) is 11.6 Å². The Balaban J connectivity index is 2.39. The number of methoxy groups -OCH3 is 1. The second-order valence-corrected chi connectivity index (χ2v) is 7.11. The van der Waals surface area contributed by atoms with Gasteiger partial charge >= 0.3 is 12.1 Å². The van der Waals surface area contributed by atoms with E-state index in [1.54, 1.807) is 20.8 Å². The van der Waals surface area contributed by atoms with Crippen LogP contribution >= 0.6 is 22.6 Å². The second-order valence-electron chi connectivity index (χ2n) is 5.87. The lowest BCUT2D eigenvalue weighted by Crippen LogP contribution is -2.45. The van der Waals surface area contributed by atoms with Gasteiger partial charge in [-0.25, -0.2) is 9.59 Å². The van der Waals surface area contributed by atoms with Gasteiger partial charge in [0.15, 0.2) is 0 Å². The number of amides is 1. The van der Waals surface area contributed by atoms with Crippen LogP contribution in [0.4, 0.5) is 10.5 Å². The van der Waals surface area contributed by atoms with Crippen LogP contribution < -0.4 is 4.90 Å². The summed E-state index contributed by atoms with van der Waals surface area (Å²) < 4.78 is 11.2. The molecule has 0 N–H and O–H groups in total. The summed E-state index contributed by atoms with van der Waals surface area (Å²) >= 11 is 2.17. The summed E-state index contributed by atoms with van der Waals surface area (Å²) in [5.74, 6) is -0.438.